The van der Waals surface area contributed by atoms with E-state index in [-0.39, 0.29) is 34.8 Å². The van der Waals surface area contributed by atoms with E-state index in [1.165, 1.54) is 18.2 Å². The van der Waals surface area contributed by atoms with Gasteiger partial charge in [-0.15, -0.1) is 0 Å². The van der Waals surface area contributed by atoms with Crippen molar-refractivity contribution >= 4 is 35.2 Å². The van der Waals surface area contributed by atoms with Gasteiger partial charge in [0, 0.05) is 6.04 Å². The molecule has 1 rings (SSSR count). The van der Waals surface area contributed by atoms with Crippen molar-refractivity contribution < 1.29 is 19.5 Å². The van der Waals surface area contributed by atoms with Crippen LogP contribution in [0.25, 0.3) is 0 Å². The molecule has 0 unspecified atom stereocenters. The summed E-state index contributed by atoms with van der Waals surface area (Å²) in [5.74, 6) is -1.46. The highest BCUT2D eigenvalue weighted by Crippen LogP contribution is 2.22. The van der Waals surface area contributed by atoms with Crippen molar-refractivity contribution in [1.29, 1.82) is 0 Å². The summed E-state index contributed by atoms with van der Waals surface area (Å²) in [4.78, 5) is 33.8. The number of anilines is 1. The van der Waals surface area contributed by atoms with Crippen LogP contribution in [-0.2, 0) is 4.79 Å². The van der Waals surface area contributed by atoms with Crippen LogP contribution in [0.1, 0.15) is 24.2 Å². The van der Waals surface area contributed by atoms with Crippen LogP contribution in [0, 0.1) is 0 Å². The van der Waals surface area contributed by atoms with Crippen LogP contribution in [-0.4, -0.2) is 35.6 Å². The number of carbonyl (C=O) groups excluding carboxylic acids is 2. The van der Waals surface area contributed by atoms with Gasteiger partial charge in [0.2, 0.25) is 5.91 Å². The Morgan fingerprint density at radius 3 is 2.52 bits per heavy atom. The summed E-state index contributed by atoms with van der Waals surface area (Å²) in [5, 5.41) is 16.4. The molecule has 0 bridgehead atoms. The lowest BCUT2D eigenvalue weighted by molar-refractivity contribution is -0.120. The maximum absolute atomic E-state index is 11.6. The van der Waals surface area contributed by atoms with Crippen molar-refractivity contribution in [1.82, 2.24) is 10.6 Å². The molecule has 0 aliphatic heterocycles. The number of aromatic carboxylic acids is 1. The van der Waals surface area contributed by atoms with E-state index < -0.39 is 12.0 Å². The summed E-state index contributed by atoms with van der Waals surface area (Å²) < 4.78 is 0. The molecule has 7 nitrogen and oxygen atoms in total. The van der Waals surface area contributed by atoms with E-state index >= 15 is 0 Å². The van der Waals surface area contributed by atoms with E-state index in [9.17, 15) is 14.4 Å². The van der Waals surface area contributed by atoms with Gasteiger partial charge in [-0.25, -0.2) is 9.59 Å². The molecule has 3 amide bonds. The molecule has 0 spiro atoms. The average molecular weight is 314 g/mol. The fourth-order valence-electron chi connectivity index (χ4n) is 1.45. The van der Waals surface area contributed by atoms with Gasteiger partial charge in [0.15, 0.2) is 0 Å². The first-order chi connectivity index (χ1) is 9.79. The first kappa shape index (κ1) is 16.8. The van der Waals surface area contributed by atoms with Crippen LogP contribution in [0.2, 0.25) is 5.02 Å². The number of benzene rings is 1. The second-order valence-electron chi connectivity index (χ2n) is 4.53. The first-order valence-electron chi connectivity index (χ1n) is 6.16. The Balaban J connectivity index is 2.60. The lowest BCUT2D eigenvalue weighted by Crippen LogP contribution is -2.41. The SMILES string of the molecule is CC(C)NC(=O)CNC(=O)Nc1cc(C(=O)O)ccc1Cl. The summed E-state index contributed by atoms with van der Waals surface area (Å²) in [6, 6.07) is 3.25. The highest BCUT2D eigenvalue weighted by Gasteiger charge is 2.11. The summed E-state index contributed by atoms with van der Waals surface area (Å²) in [5.41, 5.74) is 0.144. The molecular formula is C13H16ClN3O4. The number of carboxylic acid groups (broad SMARTS) is 1. The van der Waals surface area contributed by atoms with Crippen molar-refractivity contribution in [2.45, 2.75) is 19.9 Å². The van der Waals surface area contributed by atoms with Crippen LogP contribution in [0.15, 0.2) is 18.2 Å². The van der Waals surface area contributed by atoms with Crippen molar-refractivity contribution in [3.63, 3.8) is 0 Å². The zero-order valence-corrected chi connectivity index (χ0v) is 12.3. The molecule has 4 N–H and O–H groups in total. The molecule has 0 aliphatic rings. The minimum atomic E-state index is -1.13. The third kappa shape index (κ3) is 5.70. The van der Waals surface area contributed by atoms with Crippen LogP contribution < -0.4 is 16.0 Å². The zero-order valence-electron chi connectivity index (χ0n) is 11.6. The molecule has 114 valence electrons. The van der Waals surface area contributed by atoms with Crippen molar-refractivity contribution in [2.75, 3.05) is 11.9 Å². The molecule has 0 saturated heterocycles. The number of rotatable bonds is 5. The lowest BCUT2D eigenvalue weighted by Gasteiger charge is -2.11. The molecule has 1 aromatic rings. The van der Waals surface area contributed by atoms with Crippen molar-refractivity contribution in [2.24, 2.45) is 0 Å². The standard InChI is InChI=1S/C13H16ClN3O4/c1-7(2)16-11(18)6-15-13(21)17-10-5-8(12(19)20)3-4-9(10)14/h3-5,7H,6H2,1-2H3,(H,16,18)(H,19,20)(H2,15,17,21). The largest absolute Gasteiger partial charge is 0.478 e. The van der Waals surface area contributed by atoms with Gasteiger partial charge >= 0.3 is 12.0 Å². The number of carboxylic acids is 1. The molecule has 0 atom stereocenters. The predicted octanol–water partition coefficient (Wildman–Crippen LogP) is 1.68. The number of carbonyl (C=O) groups is 3. The number of hydrogen-bond donors (Lipinski definition) is 4. The molecule has 21 heavy (non-hydrogen) atoms. The fourth-order valence-corrected chi connectivity index (χ4v) is 1.62. The highest BCUT2D eigenvalue weighted by molar-refractivity contribution is 6.33. The maximum atomic E-state index is 11.6. The van der Waals surface area contributed by atoms with Crippen molar-refractivity contribution in [3.8, 4) is 0 Å². The second kappa shape index (κ2) is 7.49. The second-order valence-corrected chi connectivity index (χ2v) is 4.94. The van der Waals surface area contributed by atoms with Crippen LogP contribution in [0.4, 0.5) is 10.5 Å². The Kier molecular flexibility index (Phi) is 5.98. The molecule has 0 fully saturated rings. The van der Waals surface area contributed by atoms with E-state index in [0.717, 1.165) is 0 Å². The van der Waals surface area contributed by atoms with E-state index in [1.54, 1.807) is 13.8 Å². The molecule has 8 heteroatoms. The van der Waals surface area contributed by atoms with E-state index in [0.29, 0.717) is 0 Å². The number of amides is 3. The molecule has 0 saturated carbocycles. The topological polar surface area (TPSA) is 108 Å². The summed E-state index contributed by atoms with van der Waals surface area (Å²) in [7, 11) is 0. The van der Waals surface area contributed by atoms with E-state index in [4.69, 9.17) is 16.7 Å². The molecule has 0 aromatic heterocycles. The van der Waals surface area contributed by atoms with Gasteiger partial charge in [-0.3, -0.25) is 4.79 Å². The van der Waals surface area contributed by atoms with Crippen LogP contribution in [0.3, 0.4) is 0 Å². The maximum Gasteiger partial charge on any atom is 0.335 e. The summed E-state index contributed by atoms with van der Waals surface area (Å²) in [6.07, 6.45) is 0. The predicted molar refractivity (Wildman–Crippen MR) is 78.7 cm³/mol. The zero-order chi connectivity index (χ0) is 16.0. The Bertz CT molecular complexity index is 560. The number of nitrogens with one attached hydrogen (secondary N) is 3. The van der Waals surface area contributed by atoms with Crippen LogP contribution in [0.5, 0.6) is 0 Å². The van der Waals surface area contributed by atoms with Gasteiger partial charge in [-0.2, -0.15) is 0 Å². The smallest absolute Gasteiger partial charge is 0.335 e. The Morgan fingerprint density at radius 2 is 1.95 bits per heavy atom. The normalized spacial score (nSPS) is 10.1. The Labute approximate surface area is 126 Å². The lowest BCUT2D eigenvalue weighted by atomic mass is 10.2. The molecule has 0 aliphatic carbocycles. The number of hydrogen-bond acceptors (Lipinski definition) is 3. The Hall–Kier alpha value is -2.28. The molecular weight excluding hydrogens is 298 g/mol. The van der Waals surface area contributed by atoms with Gasteiger partial charge in [-0.05, 0) is 32.0 Å². The number of urea groups is 1. The van der Waals surface area contributed by atoms with E-state index in [2.05, 4.69) is 16.0 Å². The third-order valence-corrected chi connectivity index (χ3v) is 2.65. The molecule has 0 heterocycles. The quantitative estimate of drug-likeness (QED) is 0.663. The van der Waals surface area contributed by atoms with Gasteiger partial charge in [0.1, 0.15) is 0 Å². The minimum Gasteiger partial charge on any atom is -0.478 e. The minimum absolute atomic E-state index is 0.00718. The first-order valence-corrected chi connectivity index (χ1v) is 6.54. The molecule has 1 aromatic carbocycles. The van der Waals surface area contributed by atoms with Crippen molar-refractivity contribution in [3.05, 3.63) is 28.8 Å². The van der Waals surface area contributed by atoms with Crippen LogP contribution >= 0.6 is 11.6 Å². The fraction of sp³-hybridized carbons (Fsp3) is 0.308. The van der Waals surface area contributed by atoms with Gasteiger partial charge in [-0.1, -0.05) is 11.6 Å². The average Bonchev–Trinajstić information content (AvgIpc) is 2.38. The van der Waals surface area contributed by atoms with Gasteiger partial charge in [0.05, 0.1) is 22.8 Å². The van der Waals surface area contributed by atoms with E-state index in [1.807, 2.05) is 0 Å². The monoisotopic (exact) mass is 313 g/mol. The Morgan fingerprint density at radius 1 is 1.29 bits per heavy atom. The van der Waals surface area contributed by atoms with Gasteiger partial charge in [0.25, 0.3) is 0 Å². The third-order valence-electron chi connectivity index (χ3n) is 2.32. The number of halogens is 1. The summed E-state index contributed by atoms with van der Waals surface area (Å²) in [6.45, 7) is 3.41. The molecule has 0 radical (unpaired) electrons. The summed E-state index contributed by atoms with van der Waals surface area (Å²) >= 11 is 5.86. The highest BCUT2D eigenvalue weighted by atomic mass is 35.5. The van der Waals surface area contributed by atoms with Gasteiger partial charge < -0.3 is 21.1 Å².